The minimum atomic E-state index is -0.434. The topological polar surface area (TPSA) is 85.7 Å². The van der Waals surface area contributed by atoms with Gasteiger partial charge in [-0.05, 0) is 56.2 Å². The summed E-state index contributed by atoms with van der Waals surface area (Å²) in [5.41, 5.74) is 1.87. The molecule has 0 N–H and O–H groups in total. The van der Waals surface area contributed by atoms with E-state index in [1.54, 1.807) is 18.0 Å². The first-order chi connectivity index (χ1) is 16.1. The van der Waals surface area contributed by atoms with Gasteiger partial charge < -0.3 is 9.64 Å². The summed E-state index contributed by atoms with van der Waals surface area (Å²) in [5, 5.41) is 0. The van der Waals surface area contributed by atoms with Crippen LogP contribution in [0.15, 0.2) is 35.3 Å². The predicted octanol–water partition coefficient (Wildman–Crippen LogP) is 3.72. The van der Waals surface area contributed by atoms with E-state index >= 15 is 0 Å². The van der Waals surface area contributed by atoms with Crippen molar-refractivity contribution in [2.45, 2.75) is 53.4 Å². The van der Waals surface area contributed by atoms with E-state index in [1.807, 2.05) is 45.0 Å². The fourth-order valence-corrected chi connectivity index (χ4v) is 5.03. The number of benzene rings is 1. The van der Waals surface area contributed by atoms with Crippen LogP contribution in [0.2, 0.25) is 0 Å². The van der Waals surface area contributed by atoms with Crippen molar-refractivity contribution in [3.05, 3.63) is 63.1 Å². The highest BCUT2D eigenvalue weighted by molar-refractivity contribution is 6.04. The zero-order valence-corrected chi connectivity index (χ0v) is 20.3. The normalized spacial score (nSPS) is 19.5. The van der Waals surface area contributed by atoms with Crippen molar-refractivity contribution in [1.82, 2.24) is 9.47 Å². The number of pyridine rings is 1. The monoisotopic (exact) mass is 464 g/mol. The summed E-state index contributed by atoms with van der Waals surface area (Å²) in [6.07, 6.45) is 3.71. The van der Waals surface area contributed by atoms with Gasteiger partial charge in [0.2, 0.25) is 0 Å². The van der Waals surface area contributed by atoms with E-state index in [2.05, 4.69) is 0 Å². The molecule has 1 amide bonds. The fraction of sp³-hybridized carbons (Fsp3) is 0.481. The van der Waals surface area contributed by atoms with Gasteiger partial charge in [-0.15, -0.1) is 0 Å². The molecule has 0 bridgehead atoms. The summed E-state index contributed by atoms with van der Waals surface area (Å²) in [7, 11) is 0. The number of ketones is 1. The van der Waals surface area contributed by atoms with Gasteiger partial charge in [0.25, 0.3) is 11.5 Å². The van der Waals surface area contributed by atoms with Crippen LogP contribution in [0.3, 0.4) is 0 Å². The largest absolute Gasteiger partial charge is 0.466 e. The van der Waals surface area contributed by atoms with Gasteiger partial charge in [-0.1, -0.05) is 31.5 Å². The van der Waals surface area contributed by atoms with Gasteiger partial charge in [-0.25, -0.2) is 0 Å². The Morgan fingerprint density at radius 2 is 1.82 bits per heavy atom. The van der Waals surface area contributed by atoms with E-state index in [0.717, 1.165) is 5.56 Å². The van der Waals surface area contributed by atoms with Gasteiger partial charge in [0.15, 0.2) is 5.78 Å². The molecule has 1 fully saturated rings. The first kappa shape index (κ1) is 23.9. The lowest BCUT2D eigenvalue weighted by atomic mass is 9.73. The molecule has 7 heteroatoms. The number of nitrogens with zero attached hydrogens (tertiary/aromatic N) is 2. The Bertz CT molecular complexity index is 1190. The Morgan fingerprint density at radius 1 is 1.12 bits per heavy atom. The lowest BCUT2D eigenvalue weighted by molar-refractivity contribution is -0.149. The van der Waals surface area contributed by atoms with E-state index in [-0.39, 0.29) is 35.9 Å². The average Bonchev–Trinajstić information content (AvgIpc) is 2.79. The number of rotatable bonds is 4. The van der Waals surface area contributed by atoms with Crippen LogP contribution in [0.1, 0.15) is 71.9 Å². The SMILES string of the molecule is CCOC(=O)C1CCCN(C(=O)c2c3c(cn(-c4ccc(C)cc4)c2=O)C(=O)CC(C)(C)C3)C1. The standard InChI is InChI=1S/C27H32N2O5/c1-5-34-26(33)18-7-6-12-28(15-18)24(31)23-20-13-27(3,4)14-22(30)21(20)16-29(25(23)32)19-10-8-17(2)9-11-19/h8-11,16,18H,5-7,12-15H2,1-4H3. The minimum Gasteiger partial charge on any atom is -0.466 e. The molecule has 1 unspecified atom stereocenters. The van der Waals surface area contributed by atoms with Gasteiger partial charge in [0, 0.05) is 37.0 Å². The van der Waals surface area contributed by atoms with Crippen LogP contribution in [-0.2, 0) is 16.0 Å². The fourth-order valence-electron chi connectivity index (χ4n) is 5.03. The van der Waals surface area contributed by atoms with E-state index in [0.29, 0.717) is 49.0 Å². The maximum atomic E-state index is 13.8. The summed E-state index contributed by atoms with van der Waals surface area (Å²) in [5.74, 6) is -1.20. The van der Waals surface area contributed by atoms with Crippen molar-refractivity contribution in [2.24, 2.45) is 11.3 Å². The molecular formula is C27H32N2O5. The first-order valence-electron chi connectivity index (χ1n) is 12.0. The molecule has 1 aliphatic heterocycles. The summed E-state index contributed by atoms with van der Waals surface area (Å²) in [6.45, 7) is 8.62. The van der Waals surface area contributed by atoms with Crippen molar-refractivity contribution in [1.29, 1.82) is 0 Å². The van der Waals surface area contributed by atoms with Crippen LogP contribution in [0, 0.1) is 18.3 Å². The molecule has 34 heavy (non-hydrogen) atoms. The number of esters is 1. The van der Waals surface area contributed by atoms with E-state index in [9.17, 15) is 19.2 Å². The molecule has 1 aromatic carbocycles. The van der Waals surface area contributed by atoms with E-state index in [4.69, 9.17) is 4.74 Å². The van der Waals surface area contributed by atoms with Gasteiger partial charge in [-0.3, -0.25) is 23.7 Å². The Labute approximate surface area is 199 Å². The summed E-state index contributed by atoms with van der Waals surface area (Å²) >= 11 is 0. The maximum Gasteiger partial charge on any atom is 0.310 e. The van der Waals surface area contributed by atoms with E-state index < -0.39 is 17.4 Å². The van der Waals surface area contributed by atoms with Crippen LogP contribution in [-0.4, -0.2) is 46.8 Å². The van der Waals surface area contributed by atoms with Crippen molar-refractivity contribution in [2.75, 3.05) is 19.7 Å². The highest BCUT2D eigenvalue weighted by Crippen LogP contribution is 2.36. The van der Waals surface area contributed by atoms with Gasteiger partial charge in [0.05, 0.1) is 12.5 Å². The summed E-state index contributed by atoms with van der Waals surface area (Å²) < 4.78 is 6.58. The molecule has 180 valence electrons. The number of ether oxygens (including phenoxy) is 1. The average molecular weight is 465 g/mol. The predicted molar refractivity (Wildman–Crippen MR) is 128 cm³/mol. The number of hydrogen-bond donors (Lipinski definition) is 0. The molecule has 1 aliphatic carbocycles. The van der Waals surface area contributed by atoms with Gasteiger partial charge in [0.1, 0.15) is 5.56 Å². The molecule has 0 saturated carbocycles. The molecule has 2 aromatic rings. The Morgan fingerprint density at radius 3 is 2.50 bits per heavy atom. The second-order valence-electron chi connectivity index (χ2n) is 10.2. The van der Waals surface area contributed by atoms with Gasteiger partial charge in [-0.2, -0.15) is 0 Å². The van der Waals surface area contributed by atoms with Crippen LogP contribution < -0.4 is 5.56 Å². The molecule has 4 rings (SSSR count). The first-order valence-corrected chi connectivity index (χ1v) is 12.0. The molecule has 1 saturated heterocycles. The molecule has 2 heterocycles. The number of hydrogen-bond acceptors (Lipinski definition) is 5. The number of carbonyl (C=O) groups is 3. The number of carbonyl (C=O) groups excluding carboxylic acids is 3. The van der Waals surface area contributed by atoms with Crippen LogP contribution in [0.5, 0.6) is 0 Å². The van der Waals surface area contributed by atoms with Crippen LogP contribution in [0.25, 0.3) is 5.69 Å². The number of likely N-dealkylation sites (tertiary alicyclic amines) is 1. The molecule has 0 radical (unpaired) electrons. The third-order valence-corrected chi connectivity index (χ3v) is 6.77. The van der Waals surface area contributed by atoms with E-state index in [1.165, 1.54) is 4.57 Å². The van der Waals surface area contributed by atoms with Crippen LogP contribution in [0.4, 0.5) is 0 Å². The second-order valence-corrected chi connectivity index (χ2v) is 10.2. The zero-order chi connectivity index (χ0) is 24.6. The third-order valence-electron chi connectivity index (χ3n) is 6.77. The Balaban J connectivity index is 1.83. The smallest absolute Gasteiger partial charge is 0.310 e. The molecule has 7 nitrogen and oxygen atoms in total. The molecule has 0 spiro atoms. The number of amides is 1. The lowest BCUT2D eigenvalue weighted by Crippen LogP contribution is -2.46. The minimum absolute atomic E-state index is 0.0451. The molecular weight excluding hydrogens is 432 g/mol. The molecule has 1 aromatic heterocycles. The number of Topliss-reactive ketones (excluding diaryl/α,β-unsaturated/α-hetero) is 1. The Hall–Kier alpha value is -3.22. The number of aromatic nitrogens is 1. The number of fused-ring (bicyclic) bond motifs is 1. The van der Waals surface area contributed by atoms with Crippen molar-refractivity contribution in [3.63, 3.8) is 0 Å². The highest BCUT2D eigenvalue weighted by Gasteiger charge is 2.38. The molecule has 1 atom stereocenters. The van der Waals surface area contributed by atoms with Crippen molar-refractivity contribution < 1.29 is 19.1 Å². The van der Waals surface area contributed by atoms with Crippen LogP contribution >= 0.6 is 0 Å². The third kappa shape index (κ3) is 4.56. The summed E-state index contributed by atoms with van der Waals surface area (Å²) in [4.78, 5) is 54.6. The van der Waals surface area contributed by atoms with Crippen molar-refractivity contribution >= 4 is 17.7 Å². The lowest BCUT2D eigenvalue weighted by Gasteiger charge is -2.35. The highest BCUT2D eigenvalue weighted by atomic mass is 16.5. The van der Waals surface area contributed by atoms with Crippen molar-refractivity contribution in [3.8, 4) is 5.69 Å². The quantitative estimate of drug-likeness (QED) is 0.644. The summed E-state index contributed by atoms with van der Waals surface area (Å²) in [6, 6.07) is 7.41. The second kappa shape index (κ2) is 9.20. The molecule has 2 aliphatic rings. The number of piperidine rings is 1. The zero-order valence-electron chi connectivity index (χ0n) is 20.3. The Kier molecular flexibility index (Phi) is 6.47. The maximum absolute atomic E-state index is 13.8. The van der Waals surface area contributed by atoms with Gasteiger partial charge >= 0.3 is 5.97 Å². The number of aryl methyl sites for hydroxylation is 1.